The third-order valence-electron chi connectivity index (χ3n) is 1.54. The number of nitrogens with zero attached hydrogens (tertiary/aromatic N) is 2. The Bertz CT molecular complexity index is 273. The number of aromatic nitrogens is 2. The molecule has 1 rings (SSSR count). The molecule has 0 aliphatic carbocycles. The molecule has 72 valence electrons. The number of rotatable bonds is 3. The fraction of sp³-hybridized carbons (Fsp3) is 0.429. The first-order valence-electron chi connectivity index (χ1n) is 3.62. The molecule has 0 saturated carbocycles. The standard InChI is InChI=1S/C7H9F2N3O/c1-12(7(13)6(8)9)4-5-2-10-11-3-5/h2-3,6H,4H2,1H3,(H,10,11). The number of amides is 1. The smallest absolute Gasteiger partial charge is 0.315 e. The molecule has 0 bridgehead atoms. The summed E-state index contributed by atoms with van der Waals surface area (Å²) in [5.74, 6) is -1.18. The van der Waals surface area contributed by atoms with Gasteiger partial charge in [-0.2, -0.15) is 13.9 Å². The highest BCUT2D eigenvalue weighted by Crippen LogP contribution is 2.04. The van der Waals surface area contributed by atoms with Gasteiger partial charge in [0.25, 0.3) is 5.91 Å². The van der Waals surface area contributed by atoms with Crippen molar-refractivity contribution in [2.24, 2.45) is 0 Å². The minimum Gasteiger partial charge on any atom is -0.336 e. The highest BCUT2D eigenvalue weighted by Gasteiger charge is 2.19. The molecular formula is C7H9F2N3O. The van der Waals surface area contributed by atoms with Crippen LogP contribution in [0.4, 0.5) is 8.78 Å². The Morgan fingerprint density at radius 2 is 2.46 bits per heavy atom. The Balaban J connectivity index is 2.51. The lowest BCUT2D eigenvalue weighted by atomic mass is 10.3. The number of aromatic amines is 1. The average molecular weight is 189 g/mol. The van der Waals surface area contributed by atoms with Gasteiger partial charge in [0.1, 0.15) is 0 Å². The molecule has 1 amide bonds. The first-order chi connectivity index (χ1) is 6.11. The van der Waals surface area contributed by atoms with Crippen LogP contribution in [0.1, 0.15) is 5.56 Å². The molecule has 1 aromatic rings. The van der Waals surface area contributed by atoms with Crippen molar-refractivity contribution in [3.8, 4) is 0 Å². The average Bonchev–Trinajstić information content (AvgIpc) is 2.55. The SMILES string of the molecule is CN(Cc1cn[nH]c1)C(=O)C(F)F. The van der Waals surface area contributed by atoms with Crippen molar-refractivity contribution in [1.82, 2.24) is 15.1 Å². The second kappa shape index (κ2) is 3.97. The lowest BCUT2D eigenvalue weighted by Gasteiger charge is -2.14. The van der Waals surface area contributed by atoms with E-state index in [-0.39, 0.29) is 6.54 Å². The van der Waals surface area contributed by atoms with E-state index in [1.165, 1.54) is 13.2 Å². The predicted octanol–water partition coefficient (Wildman–Crippen LogP) is 0.633. The number of halogens is 2. The third-order valence-corrected chi connectivity index (χ3v) is 1.54. The molecule has 0 aromatic carbocycles. The molecule has 13 heavy (non-hydrogen) atoms. The zero-order valence-corrected chi connectivity index (χ0v) is 7.00. The molecule has 1 heterocycles. The van der Waals surface area contributed by atoms with Crippen molar-refractivity contribution in [1.29, 1.82) is 0 Å². The first kappa shape index (κ1) is 9.63. The highest BCUT2D eigenvalue weighted by atomic mass is 19.3. The normalized spacial score (nSPS) is 10.5. The number of nitrogens with one attached hydrogen (secondary N) is 1. The largest absolute Gasteiger partial charge is 0.336 e. The van der Waals surface area contributed by atoms with Gasteiger partial charge in [-0.05, 0) is 0 Å². The van der Waals surface area contributed by atoms with Crippen molar-refractivity contribution < 1.29 is 13.6 Å². The number of hydrogen-bond acceptors (Lipinski definition) is 2. The number of carbonyl (C=O) groups excluding carboxylic acids is 1. The molecule has 0 spiro atoms. The zero-order valence-electron chi connectivity index (χ0n) is 7.00. The van der Waals surface area contributed by atoms with E-state index >= 15 is 0 Å². The molecule has 0 saturated heterocycles. The molecule has 0 fully saturated rings. The van der Waals surface area contributed by atoms with Gasteiger partial charge in [0.15, 0.2) is 0 Å². The fourth-order valence-corrected chi connectivity index (χ4v) is 0.882. The lowest BCUT2D eigenvalue weighted by molar-refractivity contribution is -0.141. The summed E-state index contributed by atoms with van der Waals surface area (Å²) >= 11 is 0. The number of hydrogen-bond donors (Lipinski definition) is 1. The predicted molar refractivity (Wildman–Crippen MR) is 41.1 cm³/mol. The summed E-state index contributed by atoms with van der Waals surface area (Å²) in [6.07, 6.45) is 0.0849. The molecule has 0 atom stereocenters. The fourth-order valence-electron chi connectivity index (χ4n) is 0.882. The van der Waals surface area contributed by atoms with Gasteiger partial charge in [-0.15, -0.1) is 0 Å². The molecule has 0 aliphatic heterocycles. The first-order valence-corrected chi connectivity index (χ1v) is 3.62. The summed E-state index contributed by atoms with van der Waals surface area (Å²) in [7, 11) is 1.32. The van der Waals surface area contributed by atoms with E-state index in [1.807, 2.05) is 0 Å². The van der Waals surface area contributed by atoms with Crippen molar-refractivity contribution >= 4 is 5.91 Å². The Kier molecular flexibility index (Phi) is 2.94. The molecule has 4 nitrogen and oxygen atoms in total. The van der Waals surface area contributed by atoms with Gasteiger partial charge in [0, 0.05) is 25.4 Å². The summed E-state index contributed by atoms with van der Waals surface area (Å²) in [4.78, 5) is 11.7. The minimum absolute atomic E-state index is 0.139. The van der Waals surface area contributed by atoms with E-state index in [1.54, 1.807) is 6.20 Å². The Morgan fingerprint density at radius 1 is 1.77 bits per heavy atom. The van der Waals surface area contributed by atoms with Crippen LogP contribution in [0.5, 0.6) is 0 Å². The molecule has 6 heteroatoms. The van der Waals surface area contributed by atoms with Crippen molar-refractivity contribution in [3.05, 3.63) is 18.0 Å². The maximum absolute atomic E-state index is 11.9. The summed E-state index contributed by atoms with van der Waals surface area (Å²) in [5.41, 5.74) is 0.691. The van der Waals surface area contributed by atoms with E-state index in [0.29, 0.717) is 5.56 Å². The van der Waals surface area contributed by atoms with E-state index in [2.05, 4.69) is 10.2 Å². The van der Waals surface area contributed by atoms with Crippen LogP contribution in [-0.4, -0.2) is 34.5 Å². The third kappa shape index (κ3) is 2.50. The number of carbonyl (C=O) groups is 1. The van der Waals surface area contributed by atoms with E-state index < -0.39 is 12.3 Å². The van der Waals surface area contributed by atoms with Gasteiger partial charge in [0.2, 0.25) is 0 Å². The van der Waals surface area contributed by atoms with Gasteiger partial charge in [0.05, 0.1) is 6.20 Å². The maximum atomic E-state index is 11.9. The van der Waals surface area contributed by atoms with Crippen LogP contribution in [0.3, 0.4) is 0 Å². The summed E-state index contributed by atoms with van der Waals surface area (Å²) < 4.78 is 23.8. The summed E-state index contributed by atoms with van der Waals surface area (Å²) in [6, 6.07) is 0. The molecular weight excluding hydrogens is 180 g/mol. The molecule has 1 N–H and O–H groups in total. The van der Waals surface area contributed by atoms with Crippen LogP contribution in [-0.2, 0) is 11.3 Å². The van der Waals surface area contributed by atoms with Crippen LogP contribution < -0.4 is 0 Å². The van der Waals surface area contributed by atoms with Crippen LogP contribution >= 0.6 is 0 Å². The monoisotopic (exact) mass is 189 g/mol. The van der Waals surface area contributed by atoms with E-state index in [0.717, 1.165) is 4.90 Å². The lowest BCUT2D eigenvalue weighted by Crippen LogP contribution is -2.31. The number of alkyl halides is 2. The number of H-pyrrole nitrogens is 1. The van der Waals surface area contributed by atoms with E-state index in [9.17, 15) is 13.6 Å². The van der Waals surface area contributed by atoms with Crippen LogP contribution in [0, 0.1) is 0 Å². The van der Waals surface area contributed by atoms with Gasteiger partial charge in [-0.1, -0.05) is 0 Å². The van der Waals surface area contributed by atoms with Crippen LogP contribution in [0.2, 0.25) is 0 Å². The van der Waals surface area contributed by atoms with Gasteiger partial charge < -0.3 is 4.90 Å². The topological polar surface area (TPSA) is 49.0 Å². The summed E-state index contributed by atoms with van der Waals surface area (Å²) in [5, 5.41) is 6.16. The second-order valence-corrected chi connectivity index (χ2v) is 2.60. The van der Waals surface area contributed by atoms with E-state index in [4.69, 9.17) is 0 Å². The molecule has 0 radical (unpaired) electrons. The minimum atomic E-state index is -2.95. The molecule has 0 unspecified atom stereocenters. The van der Waals surface area contributed by atoms with Gasteiger partial charge in [-0.25, -0.2) is 0 Å². The Labute approximate surface area is 73.5 Å². The maximum Gasteiger partial charge on any atom is 0.315 e. The van der Waals surface area contributed by atoms with Gasteiger partial charge >= 0.3 is 6.43 Å². The zero-order chi connectivity index (χ0) is 9.84. The highest BCUT2D eigenvalue weighted by molar-refractivity contribution is 5.78. The van der Waals surface area contributed by atoms with Crippen molar-refractivity contribution in [2.75, 3.05) is 7.05 Å². The van der Waals surface area contributed by atoms with Crippen LogP contribution in [0.25, 0.3) is 0 Å². The van der Waals surface area contributed by atoms with Crippen LogP contribution in [0.15, 0.2) is 12.4 Å². The molecule has 1 aromatic heterocycles. The van der Waals surface area contributed by atoms with Crippen molar-refractivity contribution in [2.45, 2.75) is 13.0 Å². The van der Waals surface area contributed by atoms with Gasteiger partial charge in [-0.3, -0.25) is 9.89 Å². The quantitative estimate of drug-likeness (QED) is 0.758. The van der Waals surface area contributed by atoms with Crippen molar-refractivity contribution in [3.63, 3.8) is 0 Å². The Morgan fingerprint density at radius 3 is 2.92 bits per heavy atom. The summed E-state index contributed by atoms with van der Waals surface area (Å²) in [6.45, 7) is 0.139. The Hall–Kier alpha value is -1.46. The molecule has 0 aliphatic rings. The second-order valence-electron chi connectivity index (χ2n) is 2.60.